The van der Waals surface area contributed by atoms with Crippen LogP contribution in [0.4, 0.5) is 0 Å². The summed E-state index contributed by atoms with van der Waals surface area (Å²) < 4.78 is 0. The smallest absolute Gasteiger partial charge is 0.194 e. The number of nitrogens with zero attached hydrogens (tertiary/aromatic N) is 1. The first-order valence-electron chi connectivity index (χ1n) is 6.37. The first-order valence-corrected chi connectivity index (χ1v) is 6.37. The van der Waals surface area contributed by atoms with E-state index < -0.39 is 0 Å². The molecule has 1 N–H and O–H groups in total. The molecule has 1 heterocycles. The zero-order valence-corrected chi connectivity index (χ0v) is 10.1. The van der Waals surface area contributed by atoms with Gasteiger partial charge in [-0.2, -0.15) is 5.26 Å². The average Bonchev–Trinajstić information content (AvgIpc) is 2.42. The molecule has 0 radical (unpaired) electrons. The fourth-order valence-electron chi connectivity index (χ4n) is 2.36. The van der Waals surface area contributed by atoms with Gasteiger partial charge in [0.2, 0.25) is 0 Å². The normalized spacial score (nSPS) is 19.0. The third kappa shape index (κ3) is 3.44. The van der Waals surface area contributed by atoms with E-state index in [2.05, 4.69) is 30.4 Å². The van der Waals surface area contributed by atoms with Crippen LogP contribution in [0, 0.1) is 11.3 Å². The van der Waals surface area contributed by atoms with Crippen molar-refractivity contribution < 1.29 is 4.90 Å². The van der Waals surface area contributed by atoms with Crippen LogP contribution in [0.15, 0.2) is 36.4 Å². The molecular formula is C15H19N2+. The highest BCUT2D eigenvalue weighted by Gasteiger charge is 2.21. The SMILES string of the molecule is N#C[C@@H](/C=C/c1ccccc1)[NH+]1CCCCC1. The van der Waals surface area contributed by atoms with Crippen molar-refractivity contribution in [3.63, 3.8) is 0 Å². The van der Waals surface area contributed by atoms with E-state index in [9.17, 15) is 5.26 Å². The van der Waals surface area contributed by atoms with Crippen LogP contribution in [0.2, 0.25) is 0 Å². The molecule has 0 spiro atoms. The van der Waals surface area contributed by atoms with Gasteiger partial charge in [-0.1, -0.05) is 36.4 Å². The number of likely N-dealkylation sites (tertiary alicyclic amines) is 1. The highest BCUT2D eigenvalue weighted by molar-refractivity contribution is 5.49. The largest absolute Gasteiger partial charge is 0.317 e. The molecule has 0 saturated carbocycles. The highest BCUT2D eigenvalue weighted by atomic mass is 15.1. The third-order valence-corrected chi connectivity index (χ3v) is 3.36. The van der Waals surface area contributed by atoms with Crippen molar-refractivity contribution in [2.24, 2.45) is 0 Å². The number of piperidine rings is 1. The molecule has 2 heteroatoms. The van der Waals surface area contributed by atoms with Crippen LogP contribution < -0.4 is 4.90 Å². The van der Waals surface area contributed by atoms with Crippen molar-refractivity contribution in [2.45, 2.75) is 25.3 Å². The molecule has 0 aliphatic carbocycles. The Balaban J connectivity index is 2.00. The van der Waals surface area contributed by atoms with Gasteiger partial charge in [0.25, 0.3) is 0 Å². The number of nitriles is 1. The average molecular weight is 227 g/mol. The van der Waals surface area contributed by atoms with E-state index in [4.69, 9.17) is 0 Å². The minimum absolute atomic E-state index is 0.00973. The summed E-state index contributed by atoms with van der Waals surface area (Å²) in [5.41, 5.74) is 1.17. The second kappa shape index (κ2) is 6.22. The van der Waals surface area contributed by atoms with Gasteiger partial charge in [0.05, 0.1) is 13.1 Å². The summed E-state index contributed by atoms with van der Waals surface area (Å²) in [6.07, 6.45) is 7.95. The van der Waals surface area contributed by atoms with E-state index in [1.54, 1.807) is 0 Å². The molecule has 0 aromatic heterocycles. The zero-order valence-electron chi connectivity index (χ0n) is 10.1. The maximum absolute atomic E-state index is 9.23. The Morgan fingerprint density at radius 3 is 2.47 bits per heavy atom. The lowest BCUT2D eigenvalue weighted by Gasteiger charge is -2.25. The van der Waals surface area contributed by atoms with E-state index in [0.29, 0.717) is 0 Å². The van der Waals surface area contributed by atoms with Crippen LogP contribution in [0.1, 0.15) is 24.8 Å². The molecule has 1 atom stereocenters. The molecule has 1 aliphatic heterocycles. The molecule has 1 fully saturated rings. The molecule has 0 unspecified atom stereocenters. The van der Waals surface area contributed by atoms with Gasteiger partial charge in [-0.3, -0.25) is 0 Å². The summed E-state index contributed by atoms with van der Waals surface area (Å²) in [5.74, 6) is 0. The maximum atomic E-state index is 9.23. The molecule has 2 rings (SSSR count). The van der Waals surface area contributed by atoms with Gasteiger partial charge in [-0.15, -0.1) is 0 Å². The first kappa shape index (κ1) is 11.9. The van der Waals surface area contributed by atoms with Crippen molar-refractivity contribution in [2.75, 3.05) is 13.1 Å². The predicted molar refractivity (Wildman–Crippen MR) is 69.4 cm³/mol. The number of benzene rings is 1. The summed E-state index contributed by atoms with van der Waals surface area (Å²) in [5, 5.41) is 9.23. The van der Waals surface area contributed by atoms with E-state index in [1.165, 1.54) is 29.7 Å². The highest BCUT2D eigenvalue weighted by Crippen LogP contribution is 2.02. The Bertz CT molecular complexity index is 397. The summed E-state index contributed by atoms with van der Waals surface area (Å²) in [6, 6.07) is 12.6. The number of rotatable bonds is 3. The third-order valence-electron chi connectivity index (χ3n) is 3.36. The molecule has 0 amide bonds. The Labute approximate surface area is 103 Å². The molecule has 1 aromatic carbocycles. The summed E-state index contributed by atoms with van der Waals surface area (Å²) >= 11 is 0. The van der Waals surface area contributed by atoms with E-state index in [-0.39, 0.29) is 6.04 Å². The fraction of sp³-hybridized carbons (Fsp3) is 0.400. The quantitative estimate of drug-likeness (QED) is 0.835. The lowest BCUT2D eigenvalue weighted by Crippen LogP contribution is -3.16. The lowest BCUT2D eigenvalue weighted by molar-refractivity contribution is -0.915. The molecule has 1 saturated heterocycles. The molecule has 1 aliphatic rings. The van der Waals surface area contributed by atoms with Crippen molar-refractivity contribution in [3.8, 4) is 6.07 Å². The summed E-state index contributed by atoms with van der Waals surface area (Å²) in [7, 11) is 0. The Morgan fingerprint density at radius 1 is 1.12 bits per heavy atom. The number of quaternary nitrogens is 1. The van der Waals surface area contributed by atoms with Crippen LogP contribution in [-0.2, 0) is 0 Å². The topological polar surface area (TPSA) is 28.2 Å². The van der Waals surface area contributed by atoms with Gasteiger partial charge < -0.3 is 4.90 Å². The minimum atomic E-state index is 0.00973. The van der Waals surface area contributed by atoms with E-state index in [1.807, 2.05) is 18.2 Å². The van der Waals surface area contributed by atoms with Crippen LogP contribution >= 0.6 is 0 Å². The number of hydrogen-bond donors (Lipinski definition) is 1. The van der Waals surface area contributed by atoms with Crippen molar-refractivity contribution >= 4 is 6.08 Å². The van der Waals surface area contributed by atoms with Crippen molar-refractivity contribution in [3.05, 3.63) is 42.0 Å². The minimum Gasteiger partial charge on any atom is -0.317 e. The molecule has 1 aromatic rings. The zero-order chi connectivity index (χ0) is 11.9. The molecule has 17 heavy (non-hydrogen) atoms. The molecule has 0 bridgehead atoms. The number of nitrogens with one attached hydrogen (secondary N) is 1. The van der Waals surface area contributed by atoms with Gasteiger partial charge >= 0.3 is 0 Å². The van der Waals surface area contributed by atoms with Gasteiger partial charge in [-0.05, 0) is 30.9 Å². The van der Waals surface area contributed by atoms with E-state index in [0.717, 1.165) is 13.1 Å². The lowest BCUT2D eigenvalue weighted by atomic mass is 10.1. The van der Waals surface area contributed by atoms with Crippen LogP contribution in [0.25, 0.3) is 6.08 Å². The summed E-state index contributed by atoms with van der Waals surface area (Å²) in [4.78, 5) is 1.42. The molecular weight excluding hydrogens is 208 g/mol. The van der Waals surface area contributed by atoms with Gasteiger partial charge in [0, 0.05) is 0 Å². The Morgan fingerprint density at radius 2 is 1.82 bits per heavy atom. The maximum Gasteiger partial charge on any atom is 0.194 e. The summed E-state index contributed by atoms with van der Waals surface area (Å²) in [6.45, 7) is 2.27. The standard InChI is InChI=1S/C15H18N2/c16-13-15(17-11-5-2-6-12-17)10-9-14-7-3-1-4-8-14/h1,3-4,7-10,15H,2,5-6,11-12H2/p+1/b10-9+/t15-/m1/s1. The van der Waals surface area contributed by atoms with Gasteiger partial charge in [0.15, 0.2) is 6.04 Å². The monoisotopic (exact) mass is 227 g/mol. The Kier molecular flexibility index (Phi) is 4.35. The van der Waals surface area contributed by atoms with Crippen LogP contribution in [-0.4, -0.2) is 19.1 Å². The molecule has 2 nitrogen and oxygen atoms in total. The first-order chi connectivity index (χ1) is 8.40. The van der Waals surface area contributed by atoms with Gasteiger partial charge in [0.1, 0.15) is 6.07 Å². The van der Waals surface area contributed by atoms with Crippen LogP contribution in [0.3, 0.4) is 0 Å². The van der Waals surface area contributed by atoms with Crippen LogP contribution in [0.5, 0.6) is 0 Å². The second-order valence-corrected chi connectivity index (χ2v) is 4.60. The van der Waals surface area contributed by atoms with Gasteiger partial charge in [-0.25, -0.2) is 0 Å². The van der Waals surface area contributed by atoms with Crippen molar-refractivity contribution in [1.29, 1.82) is 5.26 Å². The van der Waals surface area contributed by atoms with Crippen molar-refractivity contribution in [1.82, 2.24) is 0 Å². The predicted octanol–water partition coefficient (Wildman–Crippen LogP) is 1.66. The Hall–Kier alpha value is -1.59. The second-order valence-electron chi connectivity index (χ2n) is 4.60. The number of hydrogen-bond acceptors (Lipinski definition) is 1. The molecule has 88 valence electrons. The van der Waals surface area contributed by atoms with E-state index >= 15 is 0 Å². The fourth-order valence-corrected chi connectivity index (χ4v) is 2.36.